The van der Waals surface area contributed by atoms with Crippen LogP contribution in [0.25, 0.3) is 0 Å². The van der Waals surface area contributed by atoms with E-state index in [1.54, 1.807) is 4.31 Å². The van der Waals surface area contributed by atoms with Crippen LogP contribution < -0.4 is 5.32 Å². The van der Waals surface area contributed by atoms with Crippen LogP contribution in [0.1, 0.15) is 26.2 Å². The fraction of sp³-hybridized carbons (Fsp3) is 1.00. The van der Waals surface area contributed by atoms with Gasteiger partial charge in [0.1, 0.15) is 0 Å². The average Bonchev–Trinajstić information content (AvgIpc) is 3.09. The molecular weight excluding hydrogens is 240 g/mol. The summed E-state index contributed by atoms with van der Waals surface area (Å²) < 4.78 is 31.0. The molecule has 100 valence electrons. The number of hydrogen-bond donors (Lipinski definition) is 1. The van der Waals surface area contributed by atoms with E-state index >= 15 is 0 Å². The van der Waals surface area contributed by atoms with Crippen LogP contribution in [0.5, 0.6) is 0 Å². The Balaban J connectivity index is 1.75. The zero-order valence-corrected chi connectivity index (χ0v) is 11.2. The highest BCUT2D eigenvalue weighted by Crippen LogP contribution is 2.18. The highest BCUT2D eigenvalue weighted by atomic mass is 32.2. The lowest BCUT2D eigenvalue weighted by atomic mass is 10.3. The molecule has 5 nitrogen and oxygen atoms in total. The van der Waals surface area contributed by atoms with Gasteiger partial charge in [0.2, 0.25) is 10.0 Å². The van der Waals surface area contributed by atoms with Crippen LogP contribution >= 0.6 is 0 Å². The normalized spacial score (nSPS) is 27.2. The minimum absolute atomic E-state index is 0.0230. The SMILES string of the molecule is CC1COCCN1S(=O)(=O)CCCNC1CC1. The van der Waals surface area contributed by atoms with Gasteiger partial charge in [0.05, 0.1) is 19.0 Å². The Labute approximate surface area is 104 Å². The Hall–Kier alpha value is -0.170. The van der Waals surface area contributed by atoms with E-state index in [0.717, 1.165) is 6.54 Å². The standard InChI is InChI=1S/C11H22N2O3S/c1-10-9-16-7-6-13(10)17(14,15)8-2-5-12-11-3-4-11/h10-12H,2-9H2,1H3. The Morgan fingerprint density at radius 2 is 2.18 bits per heavy atom. The molecule has 2 fully saturated rings. The third-order valence-corrected chi connectivity index (χ3v) is 5.32. The van der Waals surface area contributed by atoms with Crippen LogP contribution in [0.15, 0.2) is 0 Å². The molecule has 2 rings (SSSR count). The molecule has 0 aromatic heterocycles. The van der Waals surface area contributed by atoms with Gasteiger partial charge < -0.3 is 10.1 Å². The molecule has 6 heteroatoms. The smallest absolute Gasteiger partial charge is 0.214 e. The van der Waals surface area contributed by atoms with Gasteiger partial charge in [-0.05, 0) is 32.7 Å². The van der Waals surface area contributed by atoms with Crippen molar-refractivity contribution >= 4 is 10.0 Å². The van der Waals surface area contributed by atoms with E-state index < -0.39 is 10.0 Å². The van der Waals surface area contributed by atoms with E-state index in [1.165, 1.54) is 12.8 Å². The fourth-order valence-electron chi connectivity index (χ4n) is 2.09. The van der Waals surface area contributed by atoms with Gasteiger partial charge in [-0.15, -0.1) is 0 Å². The number of nitrogens with one attached hydrogen (secondary N) is 1. The molecule has 0 aromatic carbocycles. The van der Waals surface area contributed by atoms with Gasteiger partial charge in [0, 0.05) is 18.6 Å². The predicted octanol–water partition coefficient (Wildman–Crippen LogP) is 0.179. The van der Waals surface area contributed by atoms with Crippen molar-refractivity contribution < 1.29 is 13.2 Å². The number of rotatable bonds is 6. The lowest BCUT2D eigenvalue weighted by Crippen LogP contribution is -2.48. The van der Waals surface area contributed by atoms with Crippen LogP contribution in [0.2, 0.25) is 0 Å². The number of hydrogen-bond acceptors (Lipinski definition) is 4. The summed E-state index contributed by atoms with van der Waals surface area (Å²) in [5.41, 5.74) is 0. The van der Waals surface area contributed by atoms with Crippen molar-refractivity contribution in [3.63, 3.8) is 0 Å². The van der Waals surface area contributed by atoms with E-state index in [4.69, 9.17) is 4.74 Å². The van der Waals surface area contributed by atoms with Gasteiger partial charge in [-0.25, -0.2) is 8.42 Å². The van der Waals surface area contributed by atoms with Crippen molar-refractivity contribution in [1.82, 2.24) is 9.62 Å². The second-order valence-corrected chi connectivity index (χ2v) is 6.97. The van der Waals surface area contributed by atoms with Crippen LogP contribution in [0.3, 0.4) is 0 Å². The average molecular weight is 262 g/mol. The van der Waals surface area contributed by atoms with E-state index in [9.17, 15) is 8.42 Å². The predicted molar refractivity (Wildman–Crippen MR) is 66.4 cm³/mol. The molecule has 1 aliphatic heterocycles. The lowest BCUT2D eigenvalue weighted by Gasteiger charge is -2.32. The topological polar surface area (TPSA) is 58.6 Å². The van der Waals surface area contributed by atoms with Crippen LogP contribution in [0.4, 0.5) is 0 Å². The Bertz CT molecular complexity index is 341. The monoisotopic (exact) mass is 262 g/mol. The zero-order chi connectivity index (χ0) is 12.3. The number of nitrogens with zero attached hydrogens (tertiary/aromatic N) is 1. The fourth-order valence-corrected chi connectivity index (χ4v) is 3.80. The minimum Gasteiger partial charge on any atom is -0.378 e. The third-order valence-electron chi connectivity index (χ3n) is 3.25. The molecule has 1 aliphatic carbocycles. The molecule has 0 spiro atoms. The van der Waals surface area contributed by atoms with Crippen LogP contribution in [-0.4, -0.2) is 56.9 Å². The molecular formula is C11H22N2O3S. The van der Waals surface area contributed by atoms with E-state index in [2.05, 4.69) is 5.32 Å². The summed E-state index contributed by atoms with van der Waals surface area (Å²) in [6.45, 7) is 4.24. The zero-order valence-electron chi connectivity index (χ0n) is 10.4. The van der Waals surface area contributed by atoms with E-state index in [1.807, 2.05) is 6.92 Å². The van der Waals surface area contributed by atoms with E-state index in [0.29, 0.717) is 32.2 Å². The first-order valence-corrected chi connectivity index (χ1v) is 8.01. The molecule has 1 saturated heterocycles. The lowest BCUT2D eigenvalue weighted by molar-refractivity contribution is 0.0393. The van der Waals surface area contributed by atoms with E-state index in [-0.39, 0.29) is 11.8 Å². The Morgan fingerprint density at radius 3 is 2.82 bits per heavy atom. The van der Waals surface area contributed by atoms with Crippen molar-refractivity contribution in [2.75, 3.05) is 32.1 Å². The van der Waals surface area contributed by atoms with Gasteiger partial charge in [-0.3, -0.25) is 0 Å². The van der Waals surface area contributed by atoms with Gasteiger partial charge >= 0.3 is 0 Å². The Morgan fingerprint density at radius 1 is 1.41 bits per heavy atom. The highest BCUT2D eigenvalue weighted by Gasteiger charge is 2.29. The molecule has 0 bridgehead atoms. The first-order chi connectivity index (χ1) is 8.09. The summed E-state index contributed by atoms with van der Waals surface area (Å²) in [7, 11) is -3.10. The summed E-state index contributed by atoms with van der Waals surface area (Å²) in [5, 5.41) is 3.34. The summed E-state index contributed by atoms with van der Waals surface area (Å²) in [6.07, 6.45) is 3.18. The van der Waals surface area contributed by atoms with Crippen LogP contribution in [0, 0.1) is 0 Å². The molecule has 0 aromatic rings. The minimum atomic E-state index is -3.10. The van der Waals surface area contributed by atoms with Gasteiger partial charge in [0.25, 0.3) is 0 Å². The molecule has 0 radical (unpaired) electrons. The first kappa shape index (κ1) is 13.3. The number of sulfonamides is 1. The molecule has 1 atom stereocenters. The number of morpholine rings is 1. The second kappa shape index (κ2) is 5.65. The van der Waals surface area contributed by atoms with Gasteiger partial charge in [-0.2, -0.15) is 4.31 Å². The maximum atomic E-state index is 12.1. The molecule has 1 saturated carbocycles. The second-order valence-electron chi connectivity index (χ2n) is 4.93. The summed E-state index contributed by atoms with van der Waals surface area (Å²) in [4.78, 5) is 0. The van der Waals surface area contributed by atoms with Crippen LogP contribution in [-0.2, 0) is 14.8 Å². The first-order valence-electron chi connectivity index (χ1n) is 6.40. The quantitative estimate of drug-likeness (QED) is 0.694. The molecule has 1 unspecified atom stereocenters. The number of ether oxygens (including phenoxy) is 1. The van der Waals surface area contributed by atoms with Crippen molar-refractivity contribution in [2.24, 2.45) is 0 Å². The van der Waals surface area contributed by atoms with Gasteiger partial charge in [-0.1, -0.05) is 0 Å². The van der Waals surface area contributed by atoms with Gasteiger partial charge in [0.15, 0.2) is 0 Å². The van der Waals surface area contributed by atoms with Crippen molar-refractivity contribution in [3.05, 3.63) is 0 Å². The molecule has 0 amide bonds. The highest BCUT2D eigenvalue weighted by molar-refractivity contribution is 7.89. The molecule has 1 N–H and O–H groups in total. The summed E-state index contributed by atoms with van der Waals surface area (Å²) >= 11 is 0. The molecule has 1 heterocycles. The molecule has 2 aliphatic rings. The summed E-state index contributed by atoms with van der Waals surface area (Å²) in [5.74, 6) is 0.247. The Kier molecular flexibility index (Phi) is 4.41. The maximum absolute atomic E-state index is 12.1. The largest absolute Gasteiger partial charge is 0.378 e. The molecule has 17 heavy (non-hydrogen) atoms. The third kappa shape index (κ3) is 3.91. The maximum Gasteiger partial charge on any atom is 0.214 e. The van der Waals surface area contributed by atoms with Crippen molar-refractivity contribution in [1.29, 1.82) is 0 Å². The van der Waals surface area contributed by atoms with Crippen molar-refractivity contribution in [2.45, 2.75) is 38.3 Å². The summed E-state index contributed by atoms with van der Waals surface area (Å²) in [6, 6.07) is 0.630. The van der Waals surface area contributed by atoms with Crippen molar-refractivity contribution in [3.8, 4) is 0 Å².